The molecule has 1 fully saturated rings. The molecular formula is C15H24N2O2S. The van der Waals surface area contributed by atoms with Crippen LogP contribution in [0.25, 0.3) is 0 Å². The minimum atomic E-state index is -0.854. The normalized spacial score (nSPS) is 19.1. The molecule has 1 aliphatic heterocycles. The van der Waals surface area contributed by atoms with Crippen molar-refractivity contribution in [1.29, 1.82) is 0 Å². The molecule has 0 saturated carbocycles. The van der Waals surface area contributed by atoms with E-state index in [1.807, 2.05) is 13.8 Å². The van der Waals surface area contributed by atoms with Crippen LogP contribution in [0.3, 0.4) is 0 Å². The molecule has 0 unspecified atom stereocenters. The van der Waals surface area contributed by atoms with E-state index >= 15 is 0 Å². The summed E-state index contributed by atoms with van der Waals surface area (Å²) in [6.07, 6.45) is 3.50. The van der Waals surface area contributed by atoms with Gasteiger partial charge in [-0.05, 0) is 30.6 Å². The molecule has 0 atom stereocenters. The summed E-state index contributed by atoms with van der Waals surface area (Å²) in [4.78, 5) is 18.6. The standard InChI is InChI=1S/C15H24N2O2S/c1-10(2)11-12(13(18)19)20-14(16-11)17-8-5-6-15(3,4)7-9-17/h10H,5-9H2,1-4H3,(H,18,19). The Morgan fingerprint density at radius 3 is 2.60 bits per heavy atom. The van der Waals surface area contributed by atoms with Crippen LogP contribution in [0.15, 0.2) is 0 Å². The molecule has 0 aromatic carbocycles. The fourth-order valence-corrected chi connectivity index (χ4v) is 3.73. The maximum Gasteiger partial charge on any atom is 0.347 e. The summed E-state index contributed by atoms with van der Waals surface area (Å²) < 4.78 is 0. The van der Waals surface area contributed by atoms with Crippen LogP contribution in [0.2, 0.25) is 0 Å². The Morgan fingerprint density at radius 2 is 2.05 bits per heavy atom. The van der Waals surface area contributed by atoms with Gasteiger partial charge in [0.1, 0.15) is 4.88 Å². The lowest BCUT2D eigenvalue weighted by Crippen LogP contribution is -2.24. The Kier molecular flexibility index (Phi) is 4.37. The summed E-state index contributed by atoms with van der Waals surface area (Å²) in [5.74, 6) is -0.706. The number of anilines is 1. The second-order valence-corrected chi connectivity index (χ2v) is 7.65. The zero-order chi connectivity index (χ0) is 14.9. The van der Waals surface area contributed by atoms with Crippen LogP contribution in [0, 0.1) is 5.41 Å². The van der Waals surface area contributed by atoms with Crippen LogP contribution in [0.5, 0.6) is 0 Å². The van der Waals surface area contributed by atoms with E-state index in [0.717, 1.165) is 36.8 Å². The quantitative estimate of drug-likeness (QED) is 0.916. The van der Waals surface area contributed by atoms with Gasteiger partial charge in [0, 0.05) is 13.1 Å². The summed E-state index contributed by atoms with van der Waals surface area (Å²) in [7, 11) is 0. The van der Waals surface area contributed by atoms with Crippen molar-refractivity contribution in [2.24, 2.45) is 5.41 Å². The number of aromatic carboxylic acids is 1. The molecule has 0 radical (unpaired) electrons. The maximum atomic E-state index is 11.3. The van der Waals surface area contributed by atoms with Gasteiger partial charge in [-0.2, -0.15) is 0 Å². The lowest BCUT2D eigenvalue weighted by atomic mass is 9.85. The number of carboxylic acids is 1. The average Bonchev–Trinajstić information content (AvgIpc) is 2.70. The van der Waals surface area contributed by atoms with Crippen LogP contribution in [0.4, 0.5) is 5.13 Å². The van der Waals surface area contributed by atoms with E-state index in [-0.39, 0.29) is 5.92 Å². The van der Waals surface area contributed by atoms with E-state index in [1.54, 1.807) is 0 Å². The highest BCUT2D eigenvalue weighted by atomic mass is 32.1. The fourth-order valence-electron chi connectivity index (χ4n) is 2.61. The summed E-state index contributed by atoms with van der Waals surface area (Å²) >= 11 is 1.33. The Bertz CT molecular complexity index is 494. The SMILES string of the molecule is CC(C)c1nc(N2CCCC(C)(C)CC2)sc1C(=O)O. The van der Waals surface area contributed by atoms with Gasteiger partial charge in [-0.1, -0.05) is 39.0 Å². The molecule has 2 rings (SSSR count). The molecule has 0 amide bonds. The number of aromatic nitrogens is 1. The van der Waals surface area contributed by atoms with Gasteiger partial charge in [0.2, 0.25) is 0 Å². The van der Waals surface area contributed by atoms with Gasteiger partial charge < -0.3 is 10.0 Å². The molecule has 0 bridgehead atoms. The van der Waals surface area contributed by atoms with Crippen molar-refractivity contribution in [3.8, 4) is 0 Å². The Hall–Kier alpha value is -1.10. The minimum Gasteiger partial charge on any atom is -0.477 e. The van der Waals surface area contributed by atoms with Crippen molar-refractivity contribution >= 4 is 22.4 Å². The monoisotopic (exact) mass is 296 g/mol. The van der Waals surface area contributed by atoms with Gasteiger partial charge >= 0.3 is 5.97 Å². The zero-order valence-electron chi connectivity index (χ0n) is 12.8. The van der Waals surface area contributed by atoms with Crippen LogP contribution >= 0.6 is 11.3 Å². The lowest BCUT2D eigenvalue weighted by molar-refractivity contribution is 0.0700. The summed E-state index contributed by atoms with van der Waals surface area (Å²) in [5, 5.41) is 10.2. The Labute approximate surface area is 124 Å². The van der Waals surface area contributed by atoms with E-state index in [1.165, 1.54) is 17.8 Å². The third-order valence-corrected chi connectivity index (χ3v) is 5.11. The Balaban J connectivity index is 2.24. The van der Waals surface area contributed by atoms with Crippen LogP contribution < -0.4 is 4.90 Å². The van der Waals surface area contributed by atoms with Gasteiger partial charge in [0.15, 0.2) is 5.13 Å². The molecule has 112 valence electrons. The van der Waals surface area contributed by atoms with Crippen LogP contribution in [0.1, 0.15) is 68.2 Å². The average molecular weight is 296 g/mol. The van der Waals surface area contributed by atoms with E-state index in [9.17, 15) is 9.90 Å². The van der Waals surface area contributed by atoms with Gasteiger partial charge in [-0.15, -0.1) is 0 Å². The molecule has 5 heteroatoms. The van der Waals surface area contributed by atoms with E-state index in [2.05, 4.69) is 23.7 Å². The number of carbonyl (C=O) groups is 1. The topological polar surface area (TPSA) is 53.4 Å². The highest BCUT2D eigenvalue weighted by Crippen LogP contribution is 2.35. The number of carboxylic acid groups (broad SMARTS) is 1. The number of hydrogen-bond donors (Lipinski definition) is 1. The second-order valence-electron chi connectivity index (χ2n) is 6.68. The van der Waals surface area contributed by atoms with Crippen molar-refractivity contribution in [1.82, 2.24) is 4.98 Å². The third-order valence-electron chi connectivity index (χ3n) is 3.99. The molecule has 1 N–H and O–H groups in total. The fraction of sp³-hybridized carbons (Fsp3) is 0.733. The van der Waals surface area contributed by atoms with E-state index in [4.69, 9.17) is 0 Å². The molecule has 0 spiro atoms. The third kappa shape index (κ3) is 3.32. The minimum absolute atomic E-state index is 0.148. The molecule has 1 aromatic heterocycles. The van der Waals surface area contributed by atoms with Crippen molar-refractivity contribution in [3.63, 3.8) is 0 Å². The zero-order valence-corrected chi connectivity index (χ0v) is 13.6. The van der Waals surface area contributed by atoms with Gasteiger partial charge in [0.05, 0.1) is 5.69 Å². The first kappa shape index (κ1) is 15.3. The van der Waals surface area contributed by atoms with Gasteiger partial charge in [0.25, 0.3) is 0 Å². The number of nitrogens with zero attached hydrogens (tertiary/aromatic N) is 2. The summed E-state index contributed by atoms with van der Waals surface area (Å²) in [6.45, 7) is 10.6. The number of hydrogen-bond acceptors (Lipinski definition) is 4. The molecule has 1 aromatic rings. The predicted octanol–water partition coefficient (Wildman–Crippen LogP) is 3.98. The molecule has 1 saturated heterocycles. The van der Waals surface area contributed by atoms with E-state index in [0.29, 0.717) is 10.3 Å². The first-order valence-corrected chi connectivity index (χ1v) is 8.11. The molecule has 0 aliphatic carbocycles. The van der Waals surface area contributed by atoms with Crippen molar-refractivity contribution in [2.45, 2.75) is 52.9 Å². The van der Waals surface area contributed by atoms with Crippen molar-refractivity contribution in [3.05, 3.63) is 10.6 Å². The second kappa shape index (κ2) is 5.72. The smallest absolute Gasteiger partial charge is 0.347 e. The predicted molar refractivity (Wildman–Crippen MR) is 83.0 cm³/mol. The van der Waals surface area contributed by atoms with Crippen molar-refractivity contribution < 1.29 is 9.90 Å². The summed E-state index contributed by atoms with van der Waals surface area (Å²) in [5.41, 5.74) is 1.10. The first-order valence-electron chi connectivity index (χ1n) is 7.29. The molecule has 20 heavy (non-hydrogen) atoms. The molecule has 2 heterocycles. The number of rotatable bonds is 3. The summed E-state index contributed by atoms with van der Waals surface area (Å²) in [6, 6.07) is 0. The Morgan fingerprint density at radius 1 is 1.35 bits per heavy atom. The number of thiazole rings is 1. The van der Waals surface area contributed by atoms with Crippen molar-refractivity contribution in [2.75, 3.05) is 18.0 Å². The molecular weight excluding hydrogens is 272 g/mol. The molecule has 1 aliphatic rings. The molecule has 4 nitrogen and oxygen atoms in total. The largest absolute Gasteiger partial charge is 0.477 e. The highest BCUT2D eigenvalue weighted by molar-refractivity contribution is 7.17. The lowest BCUT2D eigenvalue weighted by Gasteiger charge is -2.22. The van der Waals surface area contributed by atoms with Gasteiger partial charge in [-0.25, -0.2) is 9.78 Å². The maximum absolute atomic E-state index is 11.3. The highest BCUT2D eigenvalue weighted by Gasteiger charge is 2.27. The van der Waals surface area contributed by atoms with E-state index < -0.39 is 5.97 Å². The van der Waals surface area contributed by atoms with Gasteiger partial charge in [-0.3, -0.25) is 0 Å². The first-order chi connectivity index (χ1) is 9.30. The van der Waals surface area contributed by atoms with Crippen LogP contribution in [-0.4, -0.2) is 29.1 Å². The van der Waals surface area contributed by atoms with Crippen LogP contribution in [-0.2, 0) is 0 Å².